The van der Waals surface area contributed by atoms with E-state index in [1.165, 1.54) is 0 Å². The first-order valence-electron chi connectivity index (χ1n) is 4.64. The Balaban J connectivity index is 4.72. The number of carbonyl (C=O) groups excluding carboxylic acids is 1. The maximum atomic E-state index is 11.7. The molecule has 0 amide bonds. The van der Waals surface area contributed by atoms with E-state index in [9.17, 15) is 4.79 Å². The van der Waals surface area contributed by atoms with Gasteiger partial charge in [-0.1, -0.05) is 26.3 Å². The first kappa shape index (κ1) is 13.6. The summed E-state index contributed by atoms with van der Waals surface area (Å²) in [6.07, 6.45) is 0. The summed E-state index contributed by atoms with van der Waals surface area (Å²) in [5.74, 6) is -0.208. The summed E-state index contributed by atoms with van der Waals surface area (Å²) in [4.78, 5) is 11.7. The van der Waals surface area contributed by atoms with Crippen molar-refractivity contribution in [1.82, 2.24) is 0 Å². The molecule has 0 heterocycles. The fraction of sp³-hybridized carbons (Fsp3) is 0.667. The predicted octanol–water partition coefficient (Wildman–Crippen LogP) is 0.208. The third kappa shape index (κ3) is 4.21. The predicted molar refractivity (Wildman–Crippen MR) is 63.5 cm³/mol. The Kier molecular flexibility index (Phi) is 5.32. The summed E-state index contributed by atoms with van der Waals surface area (Å²) in [5, 5.41) is 0. The molecule has 0 radical (unpaired) electrons. The van der Waals surface area contributed by atoms with Crippen molar-refractivity contribution in [2.45, 2.75) is 34.6 Å². The summed E-state index contributed by atoms with van der Waals surface area (Å²) in [5.41, 5.74) is 1.63. The average Bonchev–Trinajstić information content (AvgIpc) is 1.97. The standard InChI is InChI=1S/C9H20O3Si2/c1-6(2)7(9(3,4)5)8(10)11-14-12-13/h14H2,1-5,13H3. The van der Waals surface area contributed by atoms with E-state index < -0.39 is 10.0 Å². The van der Waals surface area contributed by atoms with Gasteiger partial charge in [-0.2, -0.15) is 0 Å². The molecule has 0 aliphatic rings. The summed E-state index contributed by atoms with van der Waals surface area (Å²) in [7, 11) is -0.436. The SMILES string of the molecule is CC(C)=C(C(=O)O[SiH2]O[SiH3])C(C)(C)C. The van der Waals surface area contributed by atoms with Gasteiger partial charge >= 0.3 is 16.0 Å². The average molecular weight is 232 g/mol. The van der Waals surface area contributed by atoms with E-state index >= 15 is 0 Å². The Morgan fingerprint density at radius 1 is 1.29 bits per heavy atom. The van der Waals surface area contributed by atoms with Crippen LogP contribution in [0.25, 0.3) is 0 Å². The first-order valence-corrected chi connectivity index (χ1v) is 6.62. The molecule has 0 bridgehead atoms. The van der Waals surface area contributed by atoms with Crippen molar-refractivity contribution >= 4 is 26.5 Å². The minimum atomic E-state index is -1.08. The molecule has 0 spiro atoms. The van der Waals surface area contributed by atoms with Crippen molar-refractivity contribution in [3.05, 3.63) is 11.1 Å². The molecular weight excluding hydrogens is 212 g/mol. The third-order valence-electron chi connectivity index (χ3n) is 1.76. The molecule has 0 N–H and O–H groups in total. The molecule has 0 aliphatic carbocycles. The zero-order valence-electron chi connectivity index (χ0n) is 9.93. The molecule has 0 aliphatic heterocycles. The van der Waals surface area contributed by atoms with E-state index in [0.717, 1.165) is 11.1 Å². The van der Waals surface area contributed by atoms with Crippen LogP contribution in [0.2, 0.25) is 0 Å². The van der Waals surface area contributed by atoms with Gasteiger partial charge in [0.15, 0.2) is 0 Å². The Hall–Kier alpha value is -0.396. The minimum Gasteiger partial charge on any atom is -0.497 e. The number of allylic oxidation sites excluding steroid dienone is 1. The second-order valence-corrected chi connectivity index (χ2v) is 7.30. The Bertz CT molecular complexity index is 237. The van der Waals surface area contributed by atoms with Crippen LogP contribution in [0.5, 0.6) is 0 Å². The second-order valence-electron chi connectivity index (χ2n) is 4.46. The van der Waals surface area contributed by atoms with Gasteiger partial charge < -0.3 is 8.54 Å². The van der Waals surface area contributed by atoms with E-state index in [-0.39, 0.29) is 11.4 Å². The molecule has 0 atom stereocenters. The molecule has 0 fully saturated rings. The lowest BCUT2D eigenvalue weighted by molar-refractivity contribution is -0.131. The van der Waals surface area contributed by atoms with Gasteiger partial charge in [0.25, 0.3) is 0 Å². The van der Waals surface area contributed by atoms with Gasteiger partial charge in [-0.05, 0) is 19.3 Å². The highest BCUT2D eigenvalue weighted by atomic mass is 28.3. The molecule has 0 rings (SSSR count). The molecule has 0 saturated heterocycles. The Morgan fingerprint density at radius 3 is 2.07 bits per heavy atom. The molecule has 0 aromatic carbocycles. The zero-order valence-corrected chi connectivity index (χ0v) is 13.3. The number of carbonyl (C=O) groups is 1. The smallest absolute Gasteiger partial charge is 0.358 e. The van der Waals surface area contributed by atoms with E-state index in [2.05, 4.69) is 0 Å². The van der Waals surface area contributed by atoms with Crippen LogP contribution in [-0.4, -0.2) is 26.5 Å². The highest BCUT2D eigenvalue weighted by Gasteiger charge is 2.25. The summed E-state index contributed by atoms with van der Waals surface area (Å²) in [6.45, 7) is 9.91. The van der Waals surface area contributed by atoms with Gasteiger partial charge in [0, 0.05) is 5.57 Å². The minimum absolute atomic E-state index is 0.157. The van der Waals surface area contributed by atoms with Gasteiger partial charge in [0.1, 0.15) is 10.5 Å². The van der Waals surface area contributed by atoms with Gasteiger partial charge in [-0.25, -0.2) is 4.79 Å². The van der Waals surface area contributed by atoms with Gasteiger partial charge in [-0.3, -0.25) is 0 Å². The van der Waals surface area contributed by atoms with Crippen LogP contribution in [0.3, 0.4) is 0 Å². The number of hydrogen-bond donors (Lipinski definition) is 0. The second kappa shape index (κ2) is 5.48. The van der Waals surface area contributed by atoms with Crippen molar-refractivity contribution in [1.29, 1.82) is 0 Å². The maximum Gasteiger partial charge on any atom is 0.358 e. The highest BCUT2D eigenvalue weighted by Crippen LogP contribution is 2.28. The molecule has 0 aromatic heterocycles. The topological polar surface area (TPSA) is 35.5 Å². The molecular formula is C9H20O3Si2. The number of rotatable bonds is 3. The quantitative estimate of drug-likeness (QED) is 0.515. The molecule has 0 aromatic rings. The van der Waals surface area contributed by atoms with Crippen LogP contribution in [0.1, 0.15) is 34.6 Å². The molecule has 5 heteroatoms. The van der Waals surface area contributed by atoms with Crippen molar-refractivity contribution in [2.75, 3.05) is 0 Å². The van der Waals surface area contributed by atoms with Crippen LogP contribution < -0.4 is 0 Å². The zero-order chi connectivity index (χ0) is 11.4. The van der Waals surface area contributed by atoms with Gasteiger partial charge in [0.2, 0.25) is 0 Å². The summed E-state index contributed by atoms with van der Waals surface area (Å²) < 4.78 is 10.1. The molecule has 0 saturated carbocycles. The van der Waals surface area contributed by atoms with Crippen molar-refractivity contribution in [3.63, 3.8) is 0 Å². The molecule has 14 heavy (non-hydrogen) atoms. The summed E-state index contributed by atoms with van der Waals surface area (Å²) in [6, 6.07) is 0. The fourth-order valence-electron chi connectivity index (χ4n) is 1.44. The fourth-order valence-corrected chi connectivity index (χ4v) is 2.17. The molecule has 3 nitrogen and oxygen atoms in total. The molecule has 82 valence electrons. The van der Waals surface area contributed by atoms with Crippen molar-refractivity contribution in [2.24, 2.45) is 5.41 Å². The lowest BCUT2D eigenvalue weighted by Gasteiger charge is -2.23. The first-order chi connectivity index (χ1) is 6.30. The summed E-state index contributed by atoms with van der Waals surface area (Å²) >= 11 is 0. The van der Waals surface area contributed by atoms with E-state index in [4.69, 9.17) is 8.54 Å². The van der Waals surface area contributed by atoms with Crippen LogP contribution in [-0.2, 0) is 13.3 Å². The van der Waals surface area contributed by atoms with E-state index in [0.29, 0.717) is 10.5 Å². The van der Waals surface area contributed by atoms with E-state index in [1.807, 2.05) is 34.6 Å². The van der Waals surface area contributed by atoms with Crippen LogP contribution in [0.4, 0.5) is 0 Å². The largest absolute Gasteiger partial charge is 0.497 e. The third-order valence-corrected chi connectivity index (χ3v) is 3.08. The van der Waals surface area contributed by atoms with Crippen LogP contribution >= 0.6 is 0 Å². The monoisotopic (exact) mass is 232 g/mol. The van der Waals surface area contributed by atoms with Crippen molar-refractivity contribution < 1.29 is 13.3 Å². The van der Waals surface area contributed by atoms with Gasteiger partial charge in [0.05, 0.1) is 0 Å². The lowest BCUT2D eigenvalue weighted by atomic mass is 9.84. The van der Waals surface area contributed by atoms with E-state index in [1.54, 1.807) is 0 Å². The Labute approximate surface area is 91.5 Å². The van der Waals surface area contributed by atoms with Crippen LogP contribution in [0, 0.1) is 5.41 Å². The highest BCUT2D eigenvalue weighted by molar-refractivity contribution is 6.31. The number of hydrogen-bond acceptors (Lipinski definition) is 3. The molecule has 0 unspecified atom stereocenters. The Morgan fingerprint density at radius 2 is 1.79 bits per heavy atom. The normalized spacial score (nSPS) is 12.1. The van der Waals surface area contributed by atoms with Gasteiger partial charge in [-0.15, -0.1) is 0 Å². The van der Waals surface area contributed by atoms with Crippen LogP contribution in [0.15, 0.2) is 11.1 Å². The van der Waals surface area contributed by atoms with Crippen molar-refractivity contribution in [3.8, 4) is 0 Å². The maximum absolute atomic E-state index is 11.7. The lowest BCUT2D eigenvalue weighted by Crippen LogP contribution is -2.23.